The van der Waals surface area contributed by atoms with E-state index in [0.29, 0.717) is 18.2 Å². The molecule has 2 heterocycles. The number of carbonyl (C=O) groups excluding carboxylic acids is 1. The minimum absolute atomic E-state index is 0.172. The Hall–Kier alpha value is -2.44. The first-order chi connectivity index (χ1) is 10.1. The maximum atomic E-state index is 12.1. The van der Waals surface area contributed by atoms with Crippen LogP contribution in [0.15, 0.2) is 24.8 Å². The monoisotopic (exact) mass is 288 g/mol. The molecule has 0 radical (unpaired) electrons. The third kappa shape index (κ3) is 4.27. The zero-order valence-corrected chi connectivity index (χ0v) is 12.6. The van der Waals surface area contributed by atoms with Crippen molar-refractivity contribution in [3.8, 4) is 0 Å². The summed E-state index contributed by atoms with van der Waals surface area (Å²) in [5.41, 5.74) is 1.17. The highest BCUT2D eigenvalue weighted by Gasteiger charge is 2.10. The molecule has 2 rings (SSSR count). The van der Waals surface area contributed by atoms with Crippen molar-refractivity contribution in [2.45, 2.75) is 19.9 Å². The van der Waals surface area contributed by atoms with Crippen LogP contribution in [-0.2, 0) is 6.54 Å². The first kappa shape index (κ1) is 15.0. The van der Waals surface area contributed by atoms with Crippen LogP contribution in [0.3, 0.4) is 0 Å². The second-order valence-corrected chi connectivity index (χ2v) is 5.00. The molecule has 0 atom stereocenters. The Balaban J connectivity index is 1.88. The Kier molecular flexibility index (Phi) is 4.86. The maximum absolute atomic E-state index is 12.1. The molecule has 0 unspecified atom stereocenters. The number of hydrogen-bond donors (Lipinski definition) is 1. The molecule has 0 fully saturated rings. The van der Waals surface area contributed by atoms with E-state index in [-0.39, 0.29) is 5.91 Å². The molecule has 0 aliphatic heterocycles. The SMILES string of the molecule is Cc1cc(C(=O)NCCCn2ccnc2)nc(N(C)C)n1. The highest BCUT2D eigenvalue weighted by Crippen LogP contribution is 2.07. The highest BCUT2D eigenvalue weighted by molar-refractivity contribution is 5.92. The number of amides is 1. The lowest BCUT2D eigenvalue weighted by molar-refractivity contribution is 0.0947. The smallest absolute Gasteiger partial charge is 0.270 e. The van der Waals surface area contributed by atoms with Crippen LogP contribution in [0.1, 0.15) is 22.6 Å². The zero-order chi connectivity index (χ0) is 15.2. The zero-order valence-electron chi connectivity index (χ0n) is 12.6. The summed E-state index contributed by atoms with van der Waals surface area (Å²) in [5, 5.41) is 2.87. The van der Waals surface area contributed by atoms with Gasteiger partial charge in [0.1, 0.15) is 5.69 Å². The molecule has 2 aromatic rings. The molecule has 0 bridgehead atoms. The average Bonchev–Trinajstić information content (AvgIpc) is 2.95. The molecule has 21 heavy (non-hydrogen) atoms. The summed E-state index contributed by atoms with van der Waals surface area (Å²) < 4.78 is 1.98. The first-order valence-corrected chi connectivity index (χ1v) is 6.83. The van der Waals surface area contributed by atoms with Gasteiger partial charge in [0, 0.05) is 45.3 Å². The molecule has 2 aromatic heterocycles. The predicted molar refractivity (Wildman–Crippen MR) is 80.3 cm³/mol. The molecule has 0 aromatic carbocycles. The molecule has 0 saturated carbocycles. The molecule has 0 aliphatic carbocycles. The van der Waals surface area contributed by atoms with E-state index in [1.54, 1.807) is 23.5 Å². The maximum Gasteiger partial charge on any atom is 0.270 e. The van der Waals surface area contributed by atoms with Crippen LogP contribution in [0.25, 0.3) is 0 Å². The van der Waals surface area contributed by atoms with E-state index in [2.05, 4.69) is 20.3 Å². The number of imidazole rings is 1. The minimum Gasteiger partial charge on any atom is -0.351 e. The lowest BCUT2D eigenvalue weighted by atomic mass is 10.3. The summed E-state index contributed by atoms with van der Waals surface area (Å²) in [6.45, 7) is 3.27. The second-order valence-electron chi connectivity index (χ2n) is 5.00. The molecule has 1 N–H and O–H groups in total. The summed E-state index contributed by atoms with van der Waals surface area (Å²) in [6.07, 6.45) is 6.25. The van der Waals surface area contributed by atoms with Crippen molar-refractivity contribution in [2.75, 3.05) is 25.5 Å². The van der Waals surface area contributed by atoms with Crippen molar-refractivity contribution >= 4 is 11.9 Å². The largest absolute Gasteiger partial charge is 0.351 e. The second kappa shape index (κ2) is 6.83. The normalized spacial score (nSPS) is 10.4. The molecular weight excluding hydrogens is 268 g/mol. The van der Waals surface area contributed by atoms with Crippen LogP contribution in [-0.4, -0.2) is 46.1 Å². The number of nitrogens with zero attached hydrogens (tertiary/aromatic N) is 5. The van der Waals surface area contributed by atoms with Crippen LogP contribution < -0.4 is 10.2 Å². The topological polar surface area (TPSA) is 75.9 Å². The fourth-order valence-electron chi connectivity index (χ4n) is 1.84. The first-order valence-electron chi connectivity index (χ1n) is 6.83. The quantitative estimate of drug-likeness (QED) is 0.798. The van der Waals surface area contributed by atoms with E-state index < -0.39 is 0 Å². The van der Waals surface area contributed by atoms with Crippen molar-refractivity contribution < 1.29 is 4.79 Å². The van der Waals surface area contributed by atoms with Gasteiger partial charge in [-0.25, -0.2) is 15.0 Å². The molecule has 7 nitrogen and oxygen atoms in total. The fourth-order valence-corrected chi connectivity index (χ4v) is 1.84. The van der Waals surface area contributed by atoms with Crippen LogP contribution in [0.4, 0.5) is 5.95 Å². The molecule has 1 amide bonds. The van der Waals surface area contributed by atoms with Crippen LogP contribution in [0, 0.1) is 6.92 Å². The van der Waals surface area contributed by atoms with E-state index in [4.69, 9.17) is 0 Å². The minimum atomic E-state index is -0.172. The van der Waals surface area contributed by atoms with Crippen molar-refractivity contribution in [1.29, 1.82) is 0 Å². The van der Waals surface area contributed by atoms with Crippen molar-refractivity contribution in [3.05, 3.63) is 36.2 Å². The van der Waals surface area contributed by atoms with Gasteiger partial charge in [-0.2, -0.15) is 0 Å². The molecule has 0 spiro atoms. The lowest BCUT2D eigenvalue weighted by Gasteiger charge is -2.12. The third-order valence-corrected chi connectivity index (χ3v) is 2.91. The van der Waals surface area contributed by atoms with Gasteiger partial charge < -0.3 is 14.8 Å². The Labute approximate surface area is 124 Å². The van der Waals surface area contributed by atoms with Crippen LogP contribution >= 0.6 is 0 Å². The van der Waals surface area contributed by atoms with E-state index in [1.165, 1.54) is 0 Å². The van der Waals surface area contributed by atoms with Crippen LogP contribution in [0.5, 0.6) is 0 Å². The Morgan fingerprint density at radius 2 is 2.19 bits per heavy atom. The summed E-state index contributed by atoms with van der Waals surface area (Å²) in [5.74, 6) is 0.368. The number of aryl methyl sites for hydroxylation is 2. The molecule has 0 saturated heterocycles. The van der Waals surface area contributed by atoms with Crippen molar-refractivity contribution in [2.24, 2.45) is 0 Å². The van der Waals surface area contributed by atoms with Gasteiger partial charge in [0.2, 0.25) is 5.95 Å². The summed E-state index contributed by atoms with van der Waals surface area (Å²) in [4.78, 5) is 26.4. The van der Waals surface area contributed by atoms with Crippen molar-refractivity contribution in [3.63, 3.8) is 0 Å². The van der Waals surface area contributed by atoms with Gasteiger partial charge in [-0.05, 0) is 19.4 Å². The van der Waals surface area contributed by atoms with E-state index >= 15 is 0 Å². The van der Waals surface area contributed by atoms with E-state index in [1.807, 2.05) is 31.8 Å². The van der Waals surface area contributed by atoms with Gasteiger partial charge in [0.15, 0.2) is 0 Å². The van der Waals surface area contributed by atoms with Gasteiger partial charge in [0.25, 0.3) is 5.91 Å². The van der Waals surface area contributed by atoms with Gasteiger partial charge in [-0.15, -0.1) is 0 Å². The average molecular weight is 288 g/mol. The van der Waals surface area contributed by atoms with Crippen LogP contribution in [0.2, 0.25) is 0 Å². The van der Waals surface area contributed by atoms with Gasteiger partial charge in [-0.3, -0.25) is 4.79 Å². The van der Waals surface area contributed by atoms with E-state index in [9.17, 15) is 4.79 Å². The van der Waals surface area contributed by atoms with Crippen molar-refractivity contribution in [1.82, 2.24) is 24.8 Å². The number of hydrogen-bond acceptors (Lipinski definition) is 5. The number of anilines is 1. The summed E-state index contributed by atoms with van der Waals surface area (Å²) >= 11 is 0. The molecular formula is C14H20N6O. The fraction of sp³-hybridized carbons (Fsp3) is 0.429. The molecule has 7 heteroatoms. The highest BCUT2D eigenvalue weighted by atomic mass is 16.1. The van der Waals surface area contributed by atoms with Gasteiger partial charge in [-0.1, -0.05) is 0 Å². The van der Waals surface area contributed by atoms with E-state index in [0.717, 1.165) is 18.7 Å². The molecule has 0 aliphatic rings. The number of rotatable bonds is 6. The lowest BCUT2D eigenvalue weighted by Crippen LogP contribution is -2.27. The summed E-state index contributed by atoms with van der Waals surface area (Å²) in [7, 11) is 3.70. The van der Waals surface area contributed by atoms with Gasteiger partial charge in [0.05, 0.1) is 6.33 Å². The molecule has 112 valence electrons. The number of nitrogens with one attached hydrogen (secondary N) is 1. The number of carbonyl (C=O) groups is 1. The van der Waals surface area contributed by atoms with Gasteiger partial charge >= 0.3 is 0 Å². The Morgan fingerprint density at radius 3 is 2.86 bits per heavy atom. The Bertz CT molecular complexity index is 594. The third-order valence-electron chi connectivity index (χ3n) is 2.91. The Morgan fingerprint density at radius 1 is 1.38 bits per heavy atom. The standard InChI is InChI=1S/C14H20N6O/c1-11-9-12(18-14(17-11)19(2)3)13(21)16-5-4-7-20-8-6-15-10-20/h6,8-10H,4-5,7H2,1-3H3,(H,16,21). The number of aromatic nitrogens is 4. The summed E-state index contributed by atoms with van der Waals surface area (Å²) in [6, 6.07) is 1.69. The predicted octanol–water partition coefficient (Wildman–Crippen LogP) is 0.868.